The van der Waals surface area contributed by atoms with Gasteiger partial charge in [0.05, 0.1) is 39.9 Å². The summed E-state index contributed by atoms with van der Waals surface area (Å²) in [5.41, 5.74) is 2.20. The third-order valence-electron chi connectivity index (χ3n) is 4.45. The van der Waals surface area contributed by atoms with Gasteiger partial charge in [-0.3, -0.25) is 4.89 Å². The molecular weight excluding hydrogens is 473 g/mol. The normalized spacial score (nSPS) is 12.7. The Labute approximate surface area is 195 Å². The maximum atomic E-state index is 12.2. The Balaban J connectivity index is 2.06. The fraction of sp³-hybridized carbons (Fsp3) is 0.286. The van der Waals surface area contributed by atoms with Gasteiger partial charge in [-0.05, 0) is 48.3 Å². The van der Waals surface area contributed by atoms with Gasteiger partial charge in [-0.25, -0.2) is 9.45 Å². The number of hydrogen-bond acceptors (Lipinski definition) is 10. The predicted molar refractivity (Wildman–Crippen MR) is 122 cm³/mol. The quantitative estimate of drug-likeness (QED) is 0.221. The standard InChI is InChI=1S/C21H24NO9PS/c1-6-29-31-32(23,24)30-17-9-13(7-8-16(17)25-2)15-12-22-33-21(15)14-10-18(26-3)20(28-5)19(11-14)27-4/h7-12H,6H2,1-5H3,(H,23,24). The molecule has 3 aromatic rings. The second kappa shape index (κ2) is 10.9. The Kier molecular flexibility index (Phi) is 8.17. The van der Waals surface area contributed by atoms with E-state index in [9.17, 15) is 9.46 Å². The molecule has 3 rings (SSSR count). The summed E-state index contributed by atoms with van der Waals surface area (Å²) >= 11 is 1.27. The van der Waals surface area contributed by atoms with E-state index in [4.69, 9.17) is 23.5 Å². The van der Waals surface area contributed by atoms with Crippen LogP contribution in [0.4, 0.5) is 0 Å². The van der Waals surface area contributed by atoms with Gasteiger partial charge in [0.1, 0.15) is 0 Å². The molecule has 1 unspecified atom stereocenters. The number of phosphoric acid groups is 1. The monoisotopic (exact) mass is 497 g/mol. The first-order valence-corrected chi connectivity index (χ1v) is 11.9. The van der Waals surface area contributed by atoms with Crippen LogP contribution >= 0.6 is 19.4 Å². The smallest absolute Gasteiger partial charge is 0.493 e. The van der Waals surface area contributed by atoms with Crippen LogP contribution in [0.1, 0.15) is 6.92 Å². The molecule has 12 heteroatoms. The van der Waals surface area contributed by atoms with Crippen molar-refractivity contribution in [2.24, 2.45) is 0 Å². The van der Waals surface area contributed by atoms with Crippen LogP contribution in [0.2, 0.25) is 0 Å². The van der Waals surface area contributed by atoms with Crippen LogP contribution in [0.5, 0.6) is 28.7 Å². The van der Waals surface area contributed by atoms with Crippen LogP contribution in [0.3, 0.4) is 0 Å². The Morgan fingerprint density at radius 1 is 0.909 bits per heavy atom. The zero-order chi connectivity index (χ0) is 24.0. The molecule has 1 aromatic heterocycles. The Bertz CT molecular complexity index is 1130. The fourth-order valence-electron chi connectivity index (χ4n) is 3.04. The van der Waals surface area contributed by atoms with E-state index in [-0.39, 0.29) is 18.1 Å². The average Bonchev–Trinajstić information content (AvgIpc) is 3.31. The molecule has 0 aliphatic rings. The molecule has 2 aromatic carbocycles. The number of benzene rings is 2. The van der Waals surface area contributed by atoms with Gasteiger partial charge in [0, 0.05) is 17.3 Å². The summed E-state index contributed by atoms with van der Waals surface area (Å²) in [5, 5.41) is 0. The van der Waals surface area contributed by atoms with Gasteiger partial charge in [-0.15, -0.1) is 4.67 Å². The number of aromatic nitrogens is 1. The molecule has 0 aliphatic carbocycles. The van der Waals surface area contributed by atoms with Crippen molar-refractivity contribution in [2.45, 2.75) is 6.92 Å². The maximum absolute atomic E-state index is 12.2. The molecule has 0 amide bonds. The van der Waals surface area contributed by atoms with Gasteiger partial charge in [-0.1, -0.05) is 6.07 Å². The summed E-state index contributed by atoms with van der Waals surface area (Å²) in [5.74, 6) is 1.72. The van der Waals surface area contributed by atoms with Gasteiger partial charge in [0.25, 0.3) is 0 Å². The minimum absolute atomic E-state index is 0.00239. The van der Waals surface area contributed by atoms with Crippen LogP contribution in [0.25, 0.3) is 21.6 Å². The maximum Gasteiger partial charge on any atom is 0.555 e. The molecule has 0 fully saturated rings. The minimum Gasteiger partial charge on any atom is -0.493 e. The van der Waals surface area contributed by atoms with E-state index in [0.717, 1.165) is 16.0 Å². The Hall–Kier alpha value is -2.82. The highest BCUT2D eigenvalue weighted by atomic mass is 32.1. The van der Waals surface area contributed by atoms with Gasteiger partial charge in [0.2, 0.25) is 5.75 Å². The zero-order valence-corrected chi connectivity index (χ0v) is 20.4. The number of rotatable bonds is 11. The van der Waals surface area contributed by atoms with Crippen molar-refractivity contribution < 1.29 is 42.5 Å². The van der Waals surface area contributed by atoms with Gasteiger partial charge < -0.3 is 23.5 Å². The topological polar surface area (TPSA) is 115 Å². The first kappa shape index (κ1) is 24.8. The summed E-state index contributed by atoms with van der Waals surface area (Å²) < 4.78 is 47.7. The second-order valence-corrected chi connectivity index (χ2v) is 8.46. The van der Waals surface area contributed by atoms with Crippen LogP contribution < -0.4 is 23.5 Å². The molecular formula is C21H24NO9PS. The lowest BCUT2D eigenvalue weighted by Crippen LogP contribution is -2.00. The van der Waals surface area contributed by atoms with Crippen LogP contribution in [0, 0.1) is 0 Å². The van der Waals surface area contributed by atoms with Crippen molar-refractivity contribution in [1.29, 1.82) is 0 Å². The van der Waals surface area contributed by atoms with E-state index < -0.39 is 7.82 Å². The summed E-state index contributed by atoms with van der Waals surface area (Å²) in [6.07, 6.45) is 1.68. The minimum atomic E-state index is -4.53. The summed E-state index contributed by atoms with van der Waals surface area (Å²) in [7, 11) is 1.50. The van der Waals surface area contributed by atoms with Crippen molar-refractivity contribution in [2.75, 3.05) is 35.0 Å². The zero-order valence-electron chi connectivity index (χ0n) is 18.7. The predicted octanol–water partition coefficient (Wildman–Crippen LogP) is 4.96. The lowest BCUT2D eigenvalue weighted by Gasteiger charge is -2.16. The molecule has 1 N–H and O–H groups in total. The lowest BCUT2D eigenvalue weighted by atomic mass is 10.0. The number of hydrogen-bond donors (Lipinski definition) is 1. The Morgan fingerprint density at radius 3 is 2.12 bits per heavy atom. The van der Waals surface area contributed by atoms with E-state index in [0.29, 0.717) is 22.8 Å². The summed E-state index contributed by atoms with van der Waals surface area (Å²) in [6.45, 7) is 1.68. The molecule has 0 saturated heterocycles. The second-order valence-electron chi connectivity index (χ2n) is 6.39. The molecule has 0 bridgehead atoms. The largest absolute Gasteiger partial charge is 0.555 e. The van der Waals surface area contributed by atoms with E-state index in [1.54, 1.807) is 45.5 Å². The van der Waals surface area contributed by atoms with Gasteiger partial charge in [-0.2, -0.15) is 4.37 Å². The first-order valence-electron chi connectivity index (χ1n) is 9.64. The molecule has 0 radical (unpaired) electrons. The number of phosphoric ester groups is 1. The van der Waals surface area contributed by atoms with E-state index >= 15 is 0 Å². The van der Waals surface area contributed by atoms with Crippen molar-refractivity contribution >= 4 is 19.4 Å². The average molecular weight is 497 g/mol. The van der Waals surface area contributed by atoms with Gasteiger partial charge in [0.15, 0.2) is 23.0 Å². The van der Waals surface area contributed by atoms with Gasteiger partial charge >= 0.3 is 7.82 Å². The highest BCUT2D eigenvalue weighted by Gasteiger charge is 2.27. The molecule has 178 valence electrons. The number of nitrogens with zero attached hydrogens (tertiary/aromatic N) is 1. The fourth-order valence-corrected chi connectivity index (χ4v) is 4.46. The number of methoxy groups -OCH3 is 4. The first-order chi connectivity index (χ1) is 15.9. The molecule has 1 heterocycles. The highest BCUT2D eigenvalue weighted by molar-refractivity contribution is 7.47. The lowest BCUT2D eigenvalue weighted by molar-refractivity contribution is -0.216. The molecule has 0 spiro atoms. The molecule has 0 saturated carbocycles. The van der Waals surface area contributed by atoms with Crippen molar-refractivity contribution in [3.05, 3.63) is 36.5 Å². The third kappa shape index (κ3) is 5.58. The van der Waals surface area contributed by atoms with Crippen molar-refractivity contribution in [1.82, 2.24) is 4.37 Å². The summed E-state index contributed by atoms with van der Waals surface area (Å²) in [6, 6.07) is 8.58. The van der Waals surface area contributed by atoms with E-state index in [2.05, 4.69) is 13.9 Å². The van der Waals surface area contributed by atoms with Crippen LogP contribution in [-0.2, 0) is 14.1 Å². The Morgan fingerprint density at radius 2 is 1.55 bits per heavy atom. The van der Waals surface area contributed by atoms with E-state index in [1.807, 2.05) is 12.1 Å². The molecule has 10 nitrogen and oxygen atoms in total. The molecule has 33 heavy (non-hydrogen) atoms. The van der Waals surface area contributed by atoms with E-state index in [1.165, 1.54) is 25.8 Å². The van der Waals surface area contributed by atoms with Crippen LogP contribution in [-0.4, -0.2) is 44.3 Å². The van der Waals surface area contributed by atoms with Crippen molar-refractivity contribution in [3.63, 3.8) is 0 Å². The summed E-state index contributed by atoms with van der Waals surface area (Å²) in [4.78, 5) is 15.3. The molecule has 1 atom stereocenters. The highest BCUT2D eigenvalue weighted by Crippen LogP contribution is 2.49. The SMILES string of the molecule is CCOOP(=O)(O)Oc1cc(-c2cnsc2-c2cc(OC)c(OC)c(OC)c2)ccc1OC. The number of ether oxygens (including phenoxy) is 4. The molecule has 0 aliphatic heterocycles. The third-order valence-corrected chi connectivity index (χ3v) is 6.02. The van der Waals surface area contributed by atoms with Crippen LogP contribution in [0.15, 0.2) is 36.5 Å². The van der Waals surface area contributed by atoms with Crippen molar-refractivity contribution in [3.8, 4) is 50.3 Å².